The predicted octanol–water partition coefficient (Wildman–Crippen LogP) is 3.87. The van der Waals surface area contributed by atoms with Crippen LogP contribution in [-0.2, 0) is 10.2 Å². The Morgan fingerprint density at radius 1 is 1.26 bits per heavy atom. The van der Waals surface area contributed by atoms with E-state index >= 15 is 0 Å². The molecule has 1 atom stereocenters. The van der Waals surface area contributed by atoms with E-state index in [1.54, 1.807) is 6.92 Å². The Morgan fingerprint density at radius 3 is 2.26 bits per heavy atom. The van der Waals surface area contributed by atoms with Gasteiger partial charge in [0, 0.05) is 12.5 Å². The van der Waals surface area contributed by atoms with Crippen LogP contribution in [0.3, 0.4) is 0 Å². The molecule has 2 nitrogen and oxygen atoms in total. The molecule has 0 saturated carbocycles. The smallest absolute Gasteiger partial charge is 0.131 e. The number of nitrogens with zero attached hydrogens (tertiary/aromatic N) is 1. The van der Waals surface area contributed by atoms with E-state index in [2.05, 4.69) is 50.8 Å². The molecule has 0 saturated heterocycles. The molecule has 0 aliphatic carbocycles. The highest BCUT2D eigenvalue weighted by Gasteiger charge is 2.21. The molecule has 0 amide bonds. The largest absolute Gasteiger partial charge is 0.302 e. The van der Waals surface area contributed by atoms with E-state index in [4.69, 9.17) is 0 Å². The molecule has 1 rings (SSSR count). The molecule has 1 unspecified atom stereocenters. The summed E-state index contributed by atoms with van der Waals surface area (Å²) in [5.74, 6) is 0.235. The van der Waals surface area contributed by atoms with Crippen LogP contribution in [0.15, 0.2) is 18.2 Å². The van der Waals surface area contributed by atoms with Gasteiger partial charge in [-0.2, -0.15) is 0 Å². The van der Waals surface area contributed by atoms with Crippen molar-refractivity contribution >= 4 is 5.78 Å². The molecular formula is C17H27NO. The van der Waals surface area contributed by atoms with Gasteiger partial charge in [0.15, 0.2) is 0 Å². The van der Waals surface area contributed by atoms with Gasteiger partial charge in [0.1, 0.15) is 5.78 Å². The zero-order valence-corrected chi connectivity index (χ0v) is 13.4. The van der Waals surface area contributed by atoms with Gasteiger partial charge >= 0.3 is 0 Å². The van der Waals surface area contributed by atoms with Crippen molar-refractivity contribution < 1.29 is 4.79 Å². The number of aryl methyl sites for hydroxylation is 1. The Bertz CT molecular complexity index is 455. The number of hydrogen-bond acceptors (Lipinski definition) is 2. The first-order valence-corrected chi connectivity index (χ1v) is 6.90. The maximum Gasteiger partial charge on any atom is 0.131 e. The first kappa shape index (κ1) is 15.9. The van der Waals surface area contributed by atoms with Crippen molar-refractivity contribution in [2.75, 3.05) is 14.1 Å². The fourth-order valence-corrected chi connectivity index (χ4v) is 2.31. The van der Waals surface area contributed by atoms with Gasteiger partial charge in [-0.05, 0) is 50.0 Å². The standard InChI is InChI=1S/C17H27NO/c1-12-8-9-14(17(3,4)5)11-15(12)16(18(6)7)10-13(2)19/h8-9,11,16H,10H2,1-7H3. The van der Waals surface area contributed by atoms with Crippen LogP contribution in [-0.4, -0.2) is 24.8 Å². The van der Waals surface area contributed by atoms with Crippen molar-refractivity contribution in [1.82, 2.24) is 4.90 Å². The second kappa shape index (κ2) is 5.87. The van der Waals surface area contributed by atoms with E-state index in [0.29, 0.717) is 6.42 Å². The second-order valence-electron chi connectivity index (χ2n) is 6.71. The van der Waals surface area contributed by atoms with Gasteiger partial charge in [-0.1, -0.05) is 39.0 Å². The molecule has 0 spiro atoms. The molecule has 2 heteroatoms. The molecule has 0 radical (unpaired) electrons. The third-order valence-corrected chi connectivity index (χ3v) is 3.61. The van der Waals surface area contributed by atoms with Crippen LogP contribution in [0.4, 0.5) is 0 Å². The van der Waals surface area contributed by atoms with Crippen LogP contribution in [0.25, 0.3) is 0 Å². The fraction of sp³-hybridized carbons (Fsp3) is 0.588. The van der Waals surface area contributed by atoms with E-state index in [9.17, 15) is 4.79 Å². The molecule has 0 aliphatic rings. The predicted molar refractivity (Wildman–Crippen MR) is 81.6 cm³/mol. The van der Waals surface area contributed by atoms with Crippen molar-refractivity contribution in [2.24, 2.45) is 0 Å². The topological polar surface area (TPSA) is 20.3 Å². The Labute approximate surface area is 117 Å². The van der Waals surface area contributed by atoms with Crippen molar-refractivity contribution in [2.45, 2.75) is 52.5 Å². The highest BCUT2D eigenvalue weighted by molar-refractivity contribution is 5.76. The third-order valence-electron chi connectivity index (χ3n) is 3.61. The SMILES string of the molecule is CC(=O)CC(c1cc(C(C)(C)C)ccc1C)N(C)C. The van der Waals surface area contributed by atoms with Gasteiger partial charge in [-0.15, -0.1) is 0 Å². The minimum Gasteiger partial charge on any atom is -0.302 e. The maximum absolute atomic E-state index is 11.5. The van der Waals surface area contributed by atoms with Crippen molar-refractivity contribution in [3.8, 4) is 0 Å². The molecule has 0 bridgehead atoms. The van der Waals surface area contributed by atoms with E-state index in [-0.39, 0.29) is 17.2 Å². The number of hydrogen-bond donors (Lipinski definition) is 0. The van der Waals surface area contributed by atoms with Gasteiger partial charge in [-0.3, -0.25) is 4.79 Å². The lowest BCUT2D eigenvalue weighted by Crippen LogP contribution is -2.23. The van der Waals surface area contributed by atoms with Gasteiger partial charge in [0.25, 0.3) is 0 Å². The first-order valence-electron chi connectivity index (χ1n) is 6.90. The molecule has 106 valence electrons. The summed E-state index contributed by atoms with van der Waals surface area (Å²) in [5.41, 5.74) is 3.99. The third kappa shape index (κ3) is 4.17. The Balaban J connectivity index is 3.25. The monoisotopic (exact) mass is 261 g/mol. The summed E-state index contributed by atoms with van der Waals surface area (Å²) >= 11 is 0. The molecule has 0 N–H and O–H groups in total. The molecule has 19 heavy (non-hydrogen) atoms. The van der Waals surface area contributed by atoms with Crippen LogP contribution in [0.5, 0.6) is 0 Å². The average molecular weight is 261 g/mol. The van der Waals surface area contributed by atoms with Gasteiger partial charge < -0.3 is 4.90 Å². The number of Topliss-reactive ketones (excluding diaryl/α,β-unsaturated/α-hetero) is 1. The number of carbonyl (C=O) groups excluding carboxylic acids is 1. The summed E-state index contributed by atoms with van der Waals surface area (Å²) < 4.78 is 0. The van der Waals surface area contributed by atoms with Gasteiger partial charge in [0.05, 0.1) is 0 Å². The lowest BCUT2D eigenvalue weighted by atomic mass is 9.83. The van der Waals surface area contributed by atoms with Gasteiger partial charge in [0.2, 0.25) is 0 Å². The van der Waals surface area contributed by atoms with Crippen LogP contribution < -0.4 is 0 Å². The summed E-state index contributed by atoms with van der Waals surface area (Å²) in [6, 6.07) is 6.80. The average Bonchev–Trinajstić information content (AvgIpc) is 2.24. The van der Waals surface area contributed by atoms with Crippen LogP contribution >= 0.6 is 0 Å². The van der Waals surface area contributed by atoms with Crippen LogP contribution in [0.2, 0.25) is 0 Å². The minimum atomic E-state index is 0.134. The van der Waals surface area contributed by atoms with E-state index < -0.39 is 0 Å². The molecule has 1 aromatic carbocycles. The summed E-state index contributed by atoms with van der Waals surface area (Å²) in [6.45, 7) is 10.4. The first-order chi connectivity index (χ1) is 8.62. The summed E-state index contributed by atoms with van der Waals surface area (Å²) in [7, 11) is 4.08. The van der Waals surface area contributed by atoms with Crippen molar-refractivity contribution in [3.63, 3.8) is 0 Å². The lowest BCUT2D eigenvalue weighted by molar-refractivity contribution is -0.118. The summed E-state index contributed by atoms with van der Waals surface area (Å²) in [4.78, 5) is 13.6. The van der Waals surface area contributed by atoms with E-state index in [0.717, 1.165) is 0 Å². The zero-order chi connectivity index (χ0) is 14.8. The number of rotatable bonds is 4. The maximum atomic E-state index is 11.5. The Kier molecular flexibility index (Phi) is 4.92. The van der Waals surface area contributed by atoms with Crippen LogP contribution in [0.1, 0.15) is 56.8 Å². The molecule has 0 aromatic heterocycles. The minimum absolute atomic E-state index is 0.134. The summed E-state index contributed by atoms with van der Waals surface area (Å²) in [5, 5.41) is 0. The van der Waals surface area contributed by atoms with Crippen molar-refractivity contribution in [1.29, 1.82) is 0 Å². The number of ketones is 1. The molecule has 1 aromatic rings. The fourth-order valence-electron chi connectivity index (χ4n) is 2.31. The molecular weight excluding hydrogens is 234 g/mol. The van der Waals surface area contributed by atoms with E-state index in [1.165, 1.54) is 16.7 Å². The van der Waals surface area contributed by atoms with Crippen LogP contribution in [0, 0.1) is 6.92 Å². The molecule has 0 aliphatic heterocycles. The molecule has 0 heterocycles. The highest BCUT2D eigenvalue weighted by atomic mass is 16.1. The number of benzene rings is 1. The highest BCUT2D eigenvalue weighted by Crippen LogP contribution is 2.30. The quantitative estimate of drug-likeness (QED) is 0.820. The normalized spacial score (nSPS) is 13.7. The summed E-state index contributed by atoms with van der Waals surface area (Å²) in [6.07, 6.45) is 0.571. The second-order valence-corrected chi connectivity index (χ2v) is 6.71. The Hall–Kier alpha value is -1.15. The lowest BCUT2D eigenvalue weighted by Gasteiger charge is -2.28. The number of carbonyl (C=O) groups is 1. The van der Waals surface area contributed by atoms with Gasteiger partial charge in [-0.25, -0.2) is 0 Å². The zero-order valence-electron chi connectivity index (χ0n) is 13.4. The van der Waals surface area contributed by atoms with E-state index in [1.807, 2.05) is 14.1 Å². The molecule has 0 fully saturated rings. The Morgan fingerprint density at radius 2 is 1.84 bits per heavy atom. The van der Waals surface area contributed by atoms with Crippen molar-refractivity contribution in [3.05, 3.63) is 34.9 Å².